The van der Waals surface area contributed by atoms with E-state index >= 15 is 0 Å². The van der Waals surface area contributed by atoms with Gasteiger partial charge in [-0.05, 0) is 18.6 Å². The fourth-order valence-corrected chi connectivity index (χ4v) is 2.71. The van der Waals surface area contributed by atoms with E-state index in [0.29, 0.717) is 11.3 Å². The maximum atomic E-state index is 12.1. The first-order chi connectivity index (χ1) is 9.56. The number of benzene rings is 1. The van der Waals surface area contributed by atoms with Crippen molar-refractivity contribution in [1.29, 1.82) is 0 Å². The molecule has 3 rings (SSSR count). The van der Waals surface area contributed by atoms with Crippen LogP contribution in [0.3, 0.4) is 0 Å². The highest BCUT2D eigenvalue weighted by Gasteiger charge is 2.32. The lowest BCUT2D eigenvalue weighted by Gasteiger charge is -2.25. The number of rotatable bonds is 1. The summed E-state index contributed by atoms with van der Waals surface area (Å²) in [4.78, 5) is 23.7. The van der Waals surface area contributed by atoms with Crippen molar-refractivity contribution < 1.29 is 13.9 Å². The van der Waals surface area contributed by atoms with E-state index < -0.39 is 17.8 Å². The summed E-state index contributed by atoms with van der Waals surface area (Å²) in [6.45, 7) is 1.63. The molecule has 6 heteroatoms. The van der Waals surface area contributed by atoms with Crippen molar-refractivity contribution in [3.05, 3.63) is 62.1 Å². The van der Waals surface area contributed by atoms with Crippen molar-refractivity contribution >= 4 is 22.0 Å². The normalized spacial score (nSPS) is 17.1. The average Bonchev–Trinajstić information content (AvgIpc) is 2.37. The van der Waals surface area contributed by atoms with E-state index in [9.17, 15) is 9.59 Å². The van der Waals surface area contributed by atoms with Crippen LogP contribution < -0.4 is 15.7 Å². The summed E-state index contributed by atoms with van der Waals surface area (Å²) < 4.78 is 10.9. The molecule has 0 saturated carbocycles. The maximum Gasteiger partial charge on any atom is 0.413 e. The molecule has 1 N–H and O–H groups in total. The number of ether oxygens (including phenoxy) is 1. The minimum atomic E-state index is -0.598. The smallest absolute Gasteiger partial charge is 0.413 e. The molecule has 0 bridgehead atoms. The molecule has 1 aliphatic rings. The summed E-state index contributed by atoms with van der Waals surface area (Å²) in [5.74, 6) is 0.637. The Kier molecular flexibility index (Phi) is 3.10. The molecule has 20 heavy (non-hydrogen) atoms. The van der Waals surface area contributed by atoms with Gasteiger partial charge in [0.05, 0.1) is 6.04 Å². The first kappa shape index (κ1) is 12.9. The van der Waals surface area contributed by atoms with Gasteiger partial charge in [-0.3, -0.25) is 0 Å². The van der Waals surface area contributed by atoms with Crippen LogP contribution in [0.4, 0.5) is 4.79 Å². The number of hydrogen-bond donors (Lipinski definition) is 1. The van der Waals surface area contributed by atoms with Crippen LogP contribution in [-0.4, -0.2) is 6.09 Å². The molecule has 0 radical (unpaired) electrons. The topological polar surface area (TPSA) is 68.5 Å². The molecule has 0 aliphatic carbocycles. The molecule has 2 aromatic rings. The Hall–Kier alpha value is -2.08. The van der Waals surface area contributed by atoms with E-state index in [1.165, 1.54) is 0 Å². The van der Waals surface area contributed by atoms with Crippen LogP contribution in [0, 0.1) is 6.92 Å². The molecule has 0 fully saturated rings. The van der Waals surface area contributed by atoms with Gasteiger partial charge in [0.2, 0.25) is 0 Å². The number of aryl methyl sites for hydroxylation is 1. The summed E-state index contributed by atoms with van der Waals surface area (Å²) in [6.07, 6.45) is -0.594. The van der Waals surface area contributed by atoms with Gasteiger partial charge in [0.15, 0.2) is 0 Å². The second-order valence-electron chi connectivity index (χ2n) is 4.41. The number of carbonyl (C=O) groups is 1. The van der Waals surface area contributed by atoms with E-state index in [0.717, 1.165) is 10.0 Å². The third kappa shape index (κ3) is 2.12. The van der Waals surface area contributed by atoms with Gasteiger partial charge < -0.3 is 14.5 Å². The molecule has 1 unspecified atom stereocenters. The monoisotopic (exact) mass is 335 g/mol. The summed E-state index contributed by atoms with van der Waals surface area (Å²) >= 11 is 3.42. The number of fused-ring (bicyclic) bond motifs is 1. The molecule has 1 aromatic carbocycles. The van der Waals surface area contributed by atoms with Gasteiger partial charge in [-0.1, -0.05) is 34.1 Å². The molecule has 102 valence electrons. The average molecular weight is 336 g/mol. The minimum absolute atomic E-state index is 0.239. The highest BCUT2D eigenvalue weighted by molar-refractivity contribution is 9.10. The number of hydrogen-bond acceptors (Lipinski definition) is 4. The highest BCUT2D eigenvalue weighted by Crippen LogP contribution is 2.34. The number of amides is 1. The fourth-order valence-electron chi connectivity index (χ4n) is 2.20. The first-order valence-electron chi connectivity index (χ1n) is 5.93. The van der Waals surface area contributed by atoms with Crippen LogP contribution in [0.5, 0.6) is 5.75 Å². The van der Waals surface area contributed by atoms with Crippen molar-refractivity contribution in [3.63, 3.8) is 0 Å². The zero-order chi connectivity index (χ0) is 14.3. The highest BCUT2D eigenvalue weighted by atomic mass is 79.9. The summed E-state index contributed by atoms with van der Waals surface area (Å²) in [5.41, 5.74) is 0.546. The van der Waals surface area contributed by atoms with Crippen molar-refractivity contribution in [2.45, 2.75) is 13.0 Å². The van der Waals surface area contributed by atoms with Gasteiger partial charge in [0.25, 0.3) is 0 Å². The molecule has 1 amide bonds. The lowest BCUT2D eigenvalue weighted by Crippen LogP contribution is -2.39. The molecular formula is C14H10BrNO4. The molecule has 0 saturated heterocycles. The predicted molar refractivity (Wildman–Crippen MR) is 74.9 cm³/mol. The third-order valence-electron chi connectivity index (χ3n) is 3.04. The Bertz CT molecular complexity index is 753. The van der Waals surface area contributed by atoms with E-state index in [-0.39, 0.29) is 5.75 Å². The number of nitrogens with one attached hydrogen (secondary N) is 1. The van der Waals surface area contributed by atoms with Gasteiger partial charge in [-0.2, -0.15) is 0 Å². The molecular weight excluding hydrogens is 326 g/mol. The van der Waals surface area contributed by atoms with Crippen LogP contribution in [0.25, 0.3) is 0 Å². The summed E-state index contributed by atoms with van der Waals surface area (Å²) in [7, 11) is 0. The lowest BCUT2D eigenvalue weighted by atomic mass is 9.98. The van der Waals surface area contributed by atoms with Gasteiger partial charge in [0, 0.05) is 10.5 Å². The van der Waals surface area contributed by atoms with Crippen LogP contribution in [-0.2, 0) is 0 Å². The van der Waals surface area contributed by atoms with E-state index in [1.807, 2.05) is 24.3 Å². The van der Waals surface area contributed by atoms with Gasteiger partial charge in [0.1, 0.15) is 17.1 Å². The van der Waals surface area contributed by atoms with Crippen molar-refractivity contribution in [2.24, 2.45) is 0 Å². The van der Waals surface area contributed by atoms with E-state index in [2.05, 4.69) is 21.2 Å². The lowest BCUT2D eigenvalue weighted by molar-refractivity contribution is 0.189. The van der Waals surface area contributed by atoms with Gasteiger partial charge in [-0.25, -0.2) is 9.59 Å². The quantitative estimate of drug-likeness (QED) is 0.869. The first-order valence-corrected chi connectivity index (χ1v) is 6.73. The molecule has 1 aliphatic heterocycles. The Labute approximate surface area is 122 Å². The molecule has 5 nitrogen and oxygen atoms in total. The SMILES string of the molecule is Cc1cc2c(c(=O)o1)C(c1ccccc1Br)NC(=O)O2. The van der Waals surface area contributed by atoms with Crippen molar-refractivity contribution in [1.82, 2.24) is 5.32 Å². The molecule has 1 aromatic heterocycles. The molecule has 2 heterocycles. The Morgan fingerprint density at radius 2 is 2.00 bits per heavy atom. The zero-order valence-corrected chi connectivity index (χ0v) is 12.1. The number of carbonyl (C=O) groups excluding carboxylic acids is 1. The second kappa shape index (κ2) is 4.79. The second-order valence-corrected chi connectivity index (χ2v) is 5.27. The predicted octanol–water partition coefficient (Wildman–Crippen LogP) is 2.90. The third-order valence-corrected chi connectivity index (χ3v) is 3.77. The van der Waals surface area contributed by atoms with Crippen LogP contribution >= 0.6 is 15.9 Å². The molecule has 1 atom stereocenters. The summed E-state index contributed by atoms with van der Waals surface area (Å²) in [6, 6.07) is 8.29. The fraction of sp³-hybridized carbons (Fsp3) is 0.143. The van der Waals surface area contributed by atoms with Crippen LogP contribution in [0.2, 0.25) is 0 Å². The largest absolute Gasteiger partial charge is 0.428 e. The Morgan fingerprint density at radius 1 is 1.25 bits per heavy atom. The van der Waals surface area contributed by atoms with Crippen molar-refractivity contribution in [2.75, 3.05) is 0 Å². The Morgan fingerprint density at radius 3 is 2.75 bits per heavy atom. The Balaban J connectivity index is 2.23. The zero-order valence-electron chi connectivity index (χ0n) is 10.5. The molecule has 0 spiro atoms. The summed E-state index contributed by atoms with van der Waals surface area (Å²) in [5, 5.41) is 2.64. The van der Waals surface area contributed by atoms with Gasteiger partial charge in [-0.15, -0.1) is 0 Å². The van der Waals surface area contributed by atoms with E-state index in [4.69, 9.17) is 9.15 Å². The van der Waals surface area contributed by atoms with E-state index in [1.54, 1.807) is 13.0 Å². The standard InChI is InChI=1S/C14H10BrNO4/c1-7-6-10-11(13(17)19-7)12(16-14(18)20-10)8-4-2-3-5-9(8)15/h2-6,12H,1H3,(H,16,18). The van der Waals surface area contributed by atoms with Crippen molar-refractivity contribution in [3.8, 4) is 5.75 Å². The van der Waals surface area contributed by atoms with Crippen LogP contribution in [0.1, 0.15) is 22.9 Å². The van der Waals surface area contributed by atoms with Gasteiger partial charge >= 0.3 is 11.7 Å². The minimum Gasteiger partial charge on any atom is -0.428 e. The van der Waals surface area contributed by atoms with Crippen LogP contribution in [0.15, 0.2) is 44.0 Å². The number of halogens is 1. The maximum absolute atomic E-state index is 12.1.